The van der Waals surface area contributed by atoms with Gasteiger partial charge in [0.15, 0.2) is 0 Å². The minimum Gasteiger partial charge on any atom is -0.364 e. The molecule has 0 aromatic rings. The third-order valence-electron chi connectivity index (χ3n) is 11.1. The van der Waals surface area contributed by atoms with Gasteiger partial charge in [0.2, 0.25) is 0 Å². The van der Waals surface area contributed by atoms with Crippen molar-refractivity contribution < 1.29 is 9.53 Å². The second kappa shape index (κ2) is 7.31. The Morgan fingerprint density at radius 2 is 1.83 bits per heavy atom. The average molecular weight is 480 g/mol. The van der Waals surface area contributed by atoms with E-state index in [9.17, 15) is 4.79 Å². The molecule has 0 amide bonds. The molecule has 4 saturated carbocycles. The first-order valence-electron chi connectivity index (χ1n) is 13.0. The fraction of sp³-hybridized carbons (Fsp3) is 0.963. The molecule has 5 rings (SSSR count). The summed E-state index contributed by atoms with van der Waals surface area (Å²) in [6, 6.07) is 0. The summed E-state index contributed by atoms with van der Waals surface area (Å²) < 4.78 is 6.51. The van der Waals surface area contributed by atoms with E-state index in [0.717, 1.165) is 48.3 Å². The maximum atomic E-state index is 12.3. The number of ketones is 1. The van der Waals surface area contributed by atoms with Crippen molar-refractivity contribution >= 4 is 21.7 Å². The lowest BCUT2D eigenvalue weighted by Crippen LogP contribution is -2.61. The molecule has 170 valence electrons. The van der Waals surface area contributed by atoms with Crippen molar-refractivity contribution in [3.63, 3.8) is 0 Å². The van der Waals surface area contributed by atoms with Crippen LogP contribution < -0.4 is 0 Å². The summed E-state index contributed by atoms with van der Waals surface area (Å²) in [6.07, 6.45) is 12.5. The fourth-order valence-electron chi connectivity index (χ4n) is 9.42. The minimum absolute atomic E-state index is 0.131. The van der Waals surface area contributed by atoms with Gasteiger partial charge < -0.3 is 4.74 Å². The van der Waals surface area contributed by atoms with Crippen molar-refractivity contribution in [1.29, 1.82) is 0 Å². The zero-order valence-corrected chi connectivity index (χ0v) is 21.5. The van der Waals surface area contributed by atoms with Crippen molar-refractivity contribution in [3.05, 3.63) is 0 Å². The first-order chi connectivity index (χ1) is 14.1. The number of ether oxygens (including phenoxy) is 1. The van der Waals surface area contributed by atoms with E-state index in [1.54, 1.807) is 0 Å². The Morgan fingerprint density at radius 3 is 2.57 bits per heavy atom. The summed E-state index contributed by atoms with van der Waals surface area (Å²) in [6.45, 7) is 12.4. The predicted octanol–water partition coefficient (Wildman–Crippen LogP) is 7.18. The highest BCUT2D eigenvalue weighted by molar-refractivity contribution is 9.09. The molecule has 10 unspecified atom stereocenters. The Balaban J connectivity index is 1.37. The molecule has 1 aliphatic heterocycles. The summed E-state index contributed by atoms with van der Waals surface area (Å²) in [5.41, 5.74) is 0.580. The van der Waals surface area contributed by atoms with Gasteiger partial charge in [-0.1, -0.05) is 69.8 Å². The zero-order valence-electron chi connectivity index (χ0n) is 19.9. The van der Waals surface area contributed by atoms with E-state index in [-0.39, 0.29) is 17.1 Å². The maximum absolute atomic E-state index is 12.3. The van der Waals surface area contributed by atoms with Crippen LogP contribution in [0.25, 0.3) is 0 Å². The quantitative estimate of drug-likeness (QED) is 0.309. The van der Waals surface area contributed by atoms with Gasteiger partial charge in [-0.05, 0) is 73.0 Å². The molecule has 5 fully saturated rings. The minimum atomic E-state index is -0.131. The summed E-state index contributed by atoms with van der Waals surface area (Å²) in [5, 5.41) is 0. The molecular formula is C27H43BrO2. The second-order valence-corrected chi connectivity index (χ2v) is 13.9. The monoisotopic (exact) mass is 478 g/mol. The van der Waals surface area contributed by atoms with Crippen LogP contribution in [0.1, 0.15) is 98.8 Å². The van der Waals surface area contributed by atoms with Gasteiger partial charge in [-0.3, -0.25) is 4.79 Å². The lowest BCUT2D eigenvalue weighted by atomic mass is 9.44. The van der Waals surface area contributed by atoms with E-state index in [1.165, 1.54) is 44.9 Å². The van der Waals surface area contributed by atoms with Crippen molar-refractivity contribution in [1.82, 2.24) is 0 Å². The number of halogens is 1. The molecule has 30 heavy (non-hydrogen) atoms. The molecule has 0 radical (unpaired) electrons. The Bertz CT molecular complexity index is 705. The van der Waals surface area contributed by atoms with E-state index >= 15 is 0 Å². The van der Waals surface area contributed by atoms with E-state index in [1.807, 2.05) is 0 Å². The topological polar surface area (TPSA) is 29.6 Å². The molecule has 0 aromatic heterocycles. The molecule has 1 heterocycles. The van der Waals surface area contributed by atoms with Crippen LogP contribution in [-0.2, 0) is 9.53 Å². The summed E-state index contributed by atoms with van der Waals surface area (Å²) in [4.78, 5) is 12.8. The van der Waals surface area contributed by atoms with Gasteiger partial charge in [0.25, 0.3) is 0 Å². The number of alkyl halides is 1. The van der Waals surface area contributed by atoms with Gasteiger partial charge in [-0.15, -0.1) is 0 Å². The number of hydrogen-bond donors (Lipinski definition) is 0. The molecule has 4 aliphatic carbocycles. The van der Waals surface area contributed by atoms with E-state index in [4.69, 9.17) is 4.74 Å². The van der Waals surface area contributed by atoms with Gasteiger partial charge >= 0.3 is 0 Å². The Hall–Kier alpha value is 0.110. The van der Waals surface area contributed by atoms with Crippen LogP contribution >= 0.6 is 15.9 Å². The Kier molecular flexibility index (Phi) is 5.34. The number of epoxide rings is 1. The van der Waals surface area contributed by atoms with Gasteiger partial charge in [-0.2, -0.15) is 0 Å². The number of carbonyl (C=O) groups excluding carboxylic acids is 1. The highest BCUT2D eigenvalue weighted by Crippen LogP contribution is 2.75. The highest BCUT2D eigenvalue weighted by Gasteiger charge is 2.78. The number of Topliss-reactive ketones (excluding diaryl/α,β-unsaturated/α-hetero) is 1. The highest BCUT2D eigenvalue weighted by atomic mass is 79.9. The Morgan fingerprint density at radius 1 is 1.07 bits per heavy atom. The molecule has 10 atom stereocenters. The van der Waals surface area contributed by atoms with Crippen LogP contribution in [0.2, 0.25) is 0 Å². The van der Waals surface area contributed by atoms with Crippen LogP contribution in [0.5, 0.6) is 0 Å². The van der Waals surface area contributed by atoms with E-state index in [2.05, 4.69) is 50.5 Å². The SMILES string of the molecule is CC(C)CCCC(C)C1CCC2C3C(Br)C4OC45CC(=O)CCC5(C)C3CCC12C. The normalized spacial score (nSPS) is 53.0. The van der Waals surface area contributed by atoms with Gasteiger partial charge in [-0.25, -0.2) is 0 Å². The first kappa shape index (κ1) is 21.9. The van der Waals surface area contributed by atoms with E-state index < -0.39 is 0 Å². The van der Waals surface area contributed by atoms with Gasteiger partial charge in [0.05, 0.1) is 0 Å². The molecular weight excluding hydrogens is 436 g/mol. The third kappa shape index (κ3) is 2.92. The standard InChI is InChI=1S/C27H43BrO2/c1-16(2)7-6-8-17(3)19-9-10-20-22-21(12-13-25(19,20)4)26(5)14-11-18(29)15-27(26)24(30-27)23(22)28/h16-17,19-24H,6-15H2,1-5H3. The molecule has 2 nitrogen and oxygen atoms in total. The molecule has 5 aliphatic rings. The molecule has 3 heteroatoms. The lowest BCUT2D eigenvalue weighted by Gasteiger charge is -2.60. The number of hydrogen-bond acceptors (Lipinski definition) is 2. The molecule has 0 bridgehead atoms. The largest absolute Gasteiger partial charge is 0.364 e. The Labute approximate surface area is 192 Å². The van der Waals surface area contributed by atoms with Gasteiger partial charge in [0, 0.05) is 23.1 Å². The smallest absolute Gasteiger partial charge is 0.135 e. The van der Waals surface area contributed by atoms with Crippen LogP contribution in [0.4, 0.5) is 0 Å². The maximum Gasteiger partial charge on any atom is 0.135 e. The number of fused-ring (bicyclic) bond motifs is 4. The zero-order chi connectivity index (χ0) is 21.5. The third-order valence-corrected chi connectivity index (χ3v) is 12.2. The van der Waals surface area contributed by atoms with Crippen LogP contribution in [-0.4, -0.2) is 22.3 Å². The van der Waals surface area contributed by atoms with Crippen LogP contribution in [0.15, 0.2) is 0 Å². The van der Waals surface area contributed by atoms with Crippen molar-refractivity contribution in [2.24, 2.45) is 46.3 Å². The summed E-state index contributed by atoms with van der Waals surface area (Å²) >= 11 is 4.18. The van der Waals surface area contributed by atoms with Crippen LogP contribution in [0, 0.1) is 46.3 Å². The first-order valence-corrected chi connectivity index (χ1v) is 13.9. The predicted molar refractivity (Wildman–Crippen MR) is 126 cm³/mol. The van der Waals surface area contributed by atoms with Crippen molar-refractivity contribution in [3.8, 4) is 0 Å². The molecule has 0 aromatic carbocycles. The summed E-state index contributed by atoms with van der Waals surface area (Å²) in [7, 11) is 0. The summed E-state index contributed by atoms with van der Waals surface area (Å²) in [5.74, 6) is 5.30. The van der Waals surface area contributed by atoms with Crippen LogP contribution in [0.3, 0.4) is 0 Å². The molecule has 0 N–H and O–H groups in total. The van der Waals surface area contributed by atoms with Gasteiger partial charge in [0.1, 0.15) is 17.5 Å². The van der Waals surface area contributed by atoms with Crippen molar-refractivity contribution in [2.45, 2.75) is 115 Å². The lowest BCUT2D eigenvalue weighted by molar-refractivity contribution is -0.135. The van der Waals surface area contributed by atoms with E-state index in [0.29, 0.717) is 22.4 Å². The number of rotatable bonds is 5. The molecule has 1 spiro atoms. The second-order valence-electron chi connectivity index (χ2n) is 12.8. The number of carbonyl (C=O) groups is 1. The molecule has 1 saturated heterocycles. The average Bonchev–Trinajstić information content (AvgIpc) is 3.29. The fourth-order valence-corrected chi connectivity index (χ4v) is 10.7. The van der Waals surface area contributed by atoms with Crippen molar-refractivity contribution in [2.75, 3.05) is 0 Å².